The topological polar surface area (TPSA) is 59.6 Å². The summed E-state index contributed by atoms with van der Waals surface area (Å²) in [7, 11) is 0. The Balaban J connectivity index is 1.93. The number of halogens is 1. The molecule has 0 saturated carbocycles. The highest BCUT2D eigenvalue weighted by Crippen LogP contribution is 2.23. The Hall–Kier alpha value is -2.51. The lowest BCUT2D eigenvalue weighted by Crippen LogP contribution is -2.34. The molecule has 0 unspecified atom stereocenters. The molecule has 0 aliphatic rings. The predicted molar refractivity (Wildman–Crippen MR) is 98.5 cm³/mol. The van der Waals surface area contributed by atoms with Crippen LogP contribution in [-0.4, -0.2) is 30.8 Å². The summed E-state index contributed by atoms with van der Waals surface area (Å²) in [5.74, 6) is -0.233. The van der Waals surface area contributed by atoms with Gasteiger partial charge < -0.3 is 14.8 Å². The Morgan fingerprint density at radius 1 is 1.12 bits per heavy atom. The first-order valence-electron chi connectivity index (χ1n) is 7.77. The Bertz CT molecular complexity index is 723. The van der Waals surface area contributed by atoms with E-state index in [1.165, 1.54) is 24.3 Å². The molecule has 2 N–H and O–H groups in total. The van der Waals surface area contributed by atoms with Gasteiger partial charge in [0.05, 0.1) is 12.3 Å². The highest BCUT2D eigenvalue weighted by molar-refractivity contribution is 7.80. The van der Waals surface area contributed by atoms with Gasteiger partial charge in [-0.25, -0.2) is 4.39 Å². The molecular weight excluding hydrogens is 343 g/mol. The van der Waals surface area contributed by atoms with Gasteiger partial charge in [0.15, 0.2) is 5.11 Å². The molecule has 5 nitrogen and oxygen atoms in total. The lowest BCUT2D eigenvalue weighted by atomic mass is 10.2. The zero-order valence-electron chi connectivity index (χ0n) is 13.8. The number of hydrogen-bond donors (Lipinski definition) is 2. The molecular formula is C18H19FN2O3S. The largest absolute Gasteiger partial charge is 0.489 e. The van der Waals surface area contributed by atoms with Crippen LogP contribution in [0.3, 0.4) is 0 Å². The lowest BCUT2D eigenvalue weighted by molar-refractivity contribution is 0.0977. The van der Waals surface area contributed by atoms with Gasteiger partial charge in [-0.1, -0.05) is 12.1 Å². The third-order valence-electron chi connectivity index (χ3n) is 3.16. The number of amides is 1. The molecule has 25 heavy (non-hydrogen) atoms. The molecule has 7 heteroatoms. The fourth-order valence-corrected chi connectivity index (χ4v) is 2.18. The number of para-hydroxylation sites is 2. The molecule has 0 fully saturated rings. The molecule has 0 atom stereocenters. The smallest absolute Gasteiger partial charge is 0.257 e. The average Bonchev–Trinajstić information content (AvgIpc) is 2.60. The first-order valence-corrected chi connectivity index (χ1v) is 8.18. The Labute approximate surface area is 151 Å². The van der Waals surface area contributed by atoms with E-state index in [2.05, 4.69) is 10.6 Å². The number of thiocarbonyl (C=S) groups is 1. The lowest BCUT2D eigenvalue weighted by Gasteiger charge is -2.14. The van der Waals surface area contributed by atoms with Crippen LogP contribution >= 0.6 is 12.2 Å². The summed E-state index contributed by atoms with van der Waals surface area (Å²) in [5, 5.41) is 5.59. The second-order valence-corrected chi connectivity index (χ2v) is 5.36. The molecule has 0 saturated heterocycles. The maximum absolute atomic E-state index is 12.9. The molecule has 2 aromatic rings. The molecule has 2 rings (SSSR count). The summed E-state index contributed by atoms with van der Waals surface area (Å²) in [6.45, 7) is 3.43. The maximum atomic E-state index is 12.9. The van der Waals surface area contributed by atoms with E-state index in [0.717, 1.165) is 0 Å². The summed E-state index contributed by atoms with van der Waals surface area (Å²) < 4.78 is 23.8. The van der Waals surface area contributed by atoms with Gasteiger partial charge >= 0.3 is 0 Å². The van der Waals surface area contributed by atoms with Crippen LogP contribution in [0, 0.1) is 5.82 Å². The zero-order valence-corrected chi connectivity index (χ0v) is 14.6. The minimum absolute atomic E-state index is 0.121. The van der Waals surface area contributed by atoms with Crippen molar-refractivity contribution in [1.82, 2.24) is 5.32 Å². The van der Waals surface area contributed by atoms with Crippen LogP contribution in [0.4, 0.5) is 10.1 Å². The highest BCUT2D eigenvalue weighted by Gasteiger charge is 2.10. The number of hydrogen-bond acceptors (Lipinski definition) is 4. The van der Waals surface area contributed by atoms with Crippen molar-refractivity contribution >= 4 is 28.9 Å². The Kier molecular flexibility index (Phi) is 7.31. The summed E-state index contributed by atoms with van der Waals surface area (Å²) in [6.07, 6.45) is 0. The third-order valence-corrected chi connectivity index (χ3v) is 3.36. The van der Waals surface area contributed by atoms with Gasteiger partial charge in [0.2, 0.25) is 0 Å². The SMILES string of the molecule is CCOCCOc1ccccc1NC(=S)NC(=O)c1ccc(F)cc1. The molecule has 132 valence electrons. The number of rotatable bonds is 7. The van der Waals surface area contributed by atoms with Crippen LogP contribution in [0.1, 0.15) is 17.3 Å². The van der Waals surface area contributed by atoms with E-state index in [-0.39, 0.29) is 5.11 Å². The minimum Gasteiger partial charge on any atom is -0.489 e. The summed E-state index contributed by atoms with van der Waals surface area (Å²) in [6, 6.07) is 12.4. The monoisotopic (exact) mass is 362 g/mol. The summed E-state index contributed by atoms with van der Waals surface area (Å²) in [5.41, 5.74) is 0.940. The van der Waals surface area contributed by atoms with Crippen LogP contribution in [-0.2, 0) is 4.74 Å². The molecule has 1 amide bonds. The quantitative estimate of drug-likeness (QED) is 0.584. The van der Waals surface area contributed by atoms with Crippen LogP contribution in [0.5, 0.6) is 5.75 Å². The van der Waals surface area contributed by atoms with E-state index in [9.17, 15) is 9.18 Å². The van der Waals surface area contributed by atoms with Crippen molar-refractivity contribution in [2.45, 2.75) is 6.92 Å². The van der Waals surface area contributed by atoms with Gasteiger partial charge in [0.25, 0.3) is 5.91 Å². The van der Waals surface area contributed by atoms with Gasteiger partial charge in [-0.3, -0.25) is 10.1 Å². The van der Waals surface area contributed by atoms with Gasteiger partial charge in [-0.2, -0.15) is 0 Å². The molecule has 0 heterocycles. The second kappa shape index (κ2) is 9.71. The minimum atomic E-state index is -0.424. The van der Waals surface area contributed by atoms with E-state index in [4.69, 9.17) is 21.7 Å². The van der Waals surface area contributed by atoms with Crippen molar-refractivity contribution < 1.29 is 18.7 Å². The average molecular weight is 362 g/mol. The standard InChI is InChI=1S/C18H19FN2O3S/c1-2-23-11-12-24-16-6-4-3-5-15(16)20-18(25)21-17(22)13-7-9-14(19)10-8-13/h3-10H,2,11-12H2,1H3,(H2,20,21,22,25). The van der Waals surface area contributed by atoms with E-state index in [1.54, 1.807) is 12.1 Å². The first kappa shape index (κ1) is 18.8. The van der Waals surface area contributed by atoms with Gasteiger partial charge in [-0.05, 0) is 55.5 Å². The summed E-state index contributed by atoms with van der Waals surface area (Å²) in [4.78, 5) is 12.1. The normalized spacial score (nSPS) is 10.2. The van der Waals surface area contributed by atoms with E-state index in [0.29, 0.717) is 36.8 Å². The fraction of sp³-hybridized carbons (Fsp3) is 0.222. The van der Waals surface area contributed by atoms with E-state index < -0.39 is 11.7 Å². The van der Waals surface area contributed by atoms with Crippen molar-refractivity contribution in [3.8, 4) is 5.75 Å². The number of benzene rings is 2. The number of carbonyl (C=O) groups excluding carboxylic acids is 1. The zero-order chi connectivity index (χ0) is 18.1. The second-order valence-electron chi connectivity index (χ2n) is 4.96. The van der Waals surface area contributed by atoms with E-state index >= 15 is 0 Å². The van der Waals surface area contributed by atoms with Gasteiger partial charge in [-0.15, -0.1) is 0 Å². The third kappa shape index (κ3) is 6.13. The van der Waals surface area contributed by atoms with Crippen molar-refractivity contribution in [3.63, 3.8) is 0 Å². The number of carbonyl (C=O) groups is 1. The van der Waals surface area contributed by atoms with Gasteiger partial charge in [0.1, 0.15) is 18.2 Å². The van der Waals surface area contributed by atoms with Crippen LogP contribution in [0.2, 0.25) is 0 Å². The number of nitrogens with one attached hydrogen (secondary N) is 2. The van der Waals surface area contributed by atoms with Crippen molar-refractivity contribution in [3.05, 3.63) is 59.9 Å². The summed E-state index contributed by atoms with van der Waals surface area (Å²) >= 11 is 5.15. The van der Waals surface area contributed by atoms with Crippen LogP contribution in [0.25, 0.3) is 0 Å². The van der Waals surface area contributed by atoms with Crippen molar-refractivity contribution in [1.29, 1.82) is 0 Å². The van der Waals surface area contributed by atoms with Crippen LogP contribution < -0.4 is 15.4 Å². The molecule has 0 bridgehead atoms. The maximum Gasteiger partial charge on any atom is 0.257 e. The van der Waals surface area contributed by atoms with E-state index in [1.807, 2.05) is 19.1 Å². The van der Waals surface area contributed by atoms with Crippen molar-refractivity contribution in [2.75, 3.05) is 25.1 Å². The molecule has 0 spiro atoms. The molecule has 0 aromatic heterocycles. The predicted octanol–water partition coefficient (Wildman–Crippen LogP) is 3.37. The molecule has 2 aromatic carbocycles. The molecule has 0 radical (unpaired) electrons. The number of anilines is 1. The Morgan fingerprint density at radius 2 is 1.84 bits per heavy atom. The fourth-order valence-electron chi connectivity index (χ4n) is 1.98. The first-order chi connectivity index (χ1) is 12.1. The number of ether oxygens (including phenoxy) is 2. The molecule has 0 aliphatic carbocycles. The van der Waals surface area contributed by atoms with Crippen molar-refractivity contribution in [2.24, 2.45) is 0 Å². The molecule has 0 aliphatic heterocycles. The highest BCUT2D eigenvalue weighted by atomic mass is 32.1. The van der Waals surface area contributed by atoms with Crippen LogP contribution in [0.15, 0.2) is 48.5 Å². The van der Waals surface area contributed by atoms with Gasteiger partial charge in [0, 0.05) is 12.2 Å². The Morgan fingerprint density at radius 3 is 2.56 bits per heavy atom.